The van der Waals surface area contributed by atoms with Gasteiger partial charge in [-0.2, -0.15) is 0 Å². The van der Waals surface area contributed by atoms with Gasteiger partial charge in [0.2, 0.25) is 0 Å². The molecule has 3 aromatic carbocycles. The number of aromatic nitrogens is 1. The number of hydrogen-bond acceptors (Lipinski definition) is 3. The lowest BCUT2D eigenvalue weighted by Gasteiger charge is -2.25. The monoisotopic (exact) mass is 470 g/mol. The number of benzene rings is 3. The molecular formula is C28H23ClN2O3. The summed E-state index contributed by atoms with van der Waals surface area (Å²) in [6.45, 7) is 2.30. The highest BCUT2D eigenvalue weighted by atomic mass is 35.5. The van der Waals surface area contributed by atoms with Crippen molar-refractivity contribution in [2.45, 2.75) is 19.4 Å². The Morgan fingerprint density at radius 1 is 1.00 bits per heavy atom. The van der Waals surface area contributed by atoms with E-state index in [0.29, 0.717) is 23.6 Å². The molecule has 1 aliphatic heterocycles. The van der Waals surface area contributed by atoms with Crippen LogP contribution in [0, 0.1) is 6.92 Å². The van der Waals surface area contributed by atoms with Crippen molar-refractivity contribution in [3.8, 4) is 0 Å². The Labute approximate surface area is 202 Å². The molecule has 1 atom stereocenters. The zero-order chi connectivity index (χ0) is 23.8. The molecule has 2 N–H and O–H groups in total. The molecule has 5 nitrogen and oxygen atoms in total. The van der Waals surface area contributed by atoms with Crippen molar-refractivity contribution in [1.29, 1.82) is 0 Å². The number of hydrogen-bond donors (Lipinski definition) is 2. The molecule has 5 rings (SSSR count). The molecule has 2 heterocycles. The van der Waals surface area contributed by atoms with Crippen molar-refractivity contribution in [3.05, 3.63) is 112 Å². The van der Waals surface area contributed by atoms with E-state index in [2.05, 4.69) is 4.98 Å². The van der Waals surface area contributed by atoms with E-state index in [1.807, 2.05) is 61.7 Å². The molecule has 170 valence electrons. The van der Waals surface area contributed by atoms with Gasteiger partial charge in [0.05, 0.1) is 16.6 Å². The summed E-state index contributed by atoms with van der Waals surface area (Å²) in [5, 5.41) is 12.6. The van der Waals surface area contributed by atoms with Crippen molar-refractivity contribution in [2.24, 2.45) is 0 Å². The van der Waals surface area contributed by atoms with Gasteiger partial charge >= 0.3 is 0 Å². The third kappa shape index (κ3) is 3.78. The molecule has 1 unspecified atom stereocenters. The fraction of sp³-hybridized carbons (Fsp3) is 0.143. The molecule has 1 fully saturated rings. The summed E-state index contributed by atoms with van der Waals surface area (Å²) in [5.41, 5.74) is 4.29. The fourth-order valence-corrected chi connectivity index (χ4v) is 4.81. The van der Waals surface area contributed by atoms with E-state index >= 15 is 0 Å². The van der Waals surface area contributed by atoms with Crippen molar-refractivity contribution >= 4 is 40.0 Å². The number of rotatable bonds is 5. The van der Waals surface area contributed by atoms with E-state index in [-0.39, 0.29) is 11.3 Å². The maximum Gasteiger partial charge on any atom is 0.295 e. The van der Waals surface area contributed by atoms with Gasteiger partial charge in [0, 0.05) is 29.2 Å². The van der Waals surface area contributed by atoms with E-state index in [0.717, 1.165) is 27.6 Å². The number of nitrogens with zero attached hydrogens (tertiary/aromatic N) is 1. The van der Waals surface area contributed by atoms with Gasteiger partial charge in [0.25, 0.3) is 11.7 Å². The lowest BCUT2D eigenvalue weighted by Crippen LogP contribution is -2.31. The molecule has 6 heteroatoms. The van der Waals surface area contributed by atoms with Crippen LogP contribution >= 0.6 is 11.6 Å². The number of halogens is 1. The SMILES string of the molecule is Cc1ccc(C2C(=C(O)c3ccccc3Cl)C(=O)C(=O)N2CCc2c[nH]c3ccccc23)cc1. The minimum absolute atomic E-state index is 0.0564. The third-order valence-corrected chi connectivity index (χ3v) is 6.69. The fourth-order valence-electron chi connectivity index (χ4n) is 4.58. The quantitative estimate of drug-likeness (QED) is 0.220. The van der Waals surface area contributed by atoms with Gasteiger partial charge in [-0.05, 0) is 42.7 Å². The second kappa shape index (κ2) is 8.84. The number of Topliss-reactive ketones (excluding diaryl/α,β-unsaturated/α-hetero) is 1. The van der Waals surface area contributed by atoms with Gasteiger partial charge in [-0.25, -0.2) is 0 Å². The Morgan fingerprint density at radius 2 is 1.71 bits per heavy atom. The van der Waals surface area contributed by atoms with Crippen molar-refractivity contribution in [1.82, 2.24) is 9.88 Å². The summed E-state index contributed by atoms with van der Waals surface area (Å²) >= 11 is 6.31. The minimum atomic E-state index is -0.707. The molecule has 1 amide bonds. The predicted molar refractivity (Wildman–Crippen MR) is 134 cm³/mol. The van der Waals surface area contributed by atoms with Crippen LogP contribution in [0.15, 0.2) is 84.6 Å². The first-order chi connectivity index (χ1) is 16.5. The molecule has 0 radical (unpaired) electrons. The van der Waals surface area contributed by atoms with Crippen molar-refractivity contribution < 1.29 is 14.7 Å². The molecule has 0 spiro atoms. The maximum atomic E-state index is 13.2. The molecule has 0 saturated carbocycles. The van der Waals surface area contributed by atoms with Crippen LogP contribution in [0.4, 0.5) is 0 Å². The normalized spacial score (nSPS) is 17.6. The Morgan fingerprint density at radius 3 is 2.47 bits per heavy atom. The number of ketones is 1. The Bertz CT molecular complexity index is 1440. The van der Waals surface area contributed by atoms with Crippen LogP contribution in [0.5, 0.6) is 0 Å². The second-order valence-corrected chi connectivity index (χ2v) is 8.90. The zero-order valence-corrected chi connectivity index (χ0v) is 19.3. The highest BCUT2D eigenvalue weighted by Crippen LogP contribution is 2.40. The molecule has 1 aromatic heterocycles. The smallest absolute Gasteiger partial charge is 0.295 e. The van der Waals surface area contributed by atoms with Crippen LogP contribution in [0.25, 0.3) is 16.7 Å². The van der Waals surface area contributed by atoms with Crippen LogP contribution in [0.2, 0.25) is 5.02 Å². The highest BCUT2D eigenvalue weighted by molar-refractivity contribution is 6.47. The molecule has 1 saturated heterocycles. The number of nitrogens with one attached hydrogen (secondary N) is 1. The topological polar surface area (TPSA) is 73.4 Å². The van der Waals surface area contributed by atoms with Gasteiger partial charge < -0.3 is 15.0 Å². The summed E-state index contributed by atoms with van der Waals surface area (Å²) in [4.78, 5) is 31.2. The minimum Gasteiger partial charge on any atom is -0.507 e. The number of carbonyl (C=O) groups is 2. The number of H-pyrrole nitrogens is 1. The van der Waals surface area contributed by atoms with Crippen LogP contribution < -0.4 is 0 Å². The number of para-hydroxylation sites is 1. The van der Waals surface area contributed by atoms with Gasteiger partial charge in [0.15, 0.2) is 0 Å². The average molecular weight is 471 g/mol. The van der Waals surface area contributed by atoms with Crippen molar-refractivity contribution in [2.75, 3.05) is 6.54 Å². The van der Waals surface area contributed by atoms with E-state index in [9.17, 15) is 14.7 Å². The number of aliphatic hydroxyl groups excluding tert-OH is 1. The van der Waals surface area contributed by atoms with Crippen LogP contribution in [-0.4, -0.2) is 33.2 Å². The molecular weight excluding hydrogens is 448 g/mol. The van der Waals surface area contributed by atoms with Gasteiger partial charge in [-0.1, -0.05) is 71.8 Å². The summed E-state index contributed by atoms with van der Waals surface area (Å²) in [6, 6.07) is 21.7. The van der Waals surface area contributed by atoms with Crippen molar-refractivity contribution in [3.63, 3.8) is 0 Å². The largest absolute Gasteiger partial charge is 0.507 e. The molecule has 0 bridgehead atoms. The lowest BCUT2D eigenvalue weighted by atomic mass is 9.94. The van der Waals surface area contributed by atoms with Gasteiger partial charge in [-0.15, -0.1) is 0 Å². The first-order valence-corrected chi connectivity index (χ1v) is 11.5. The lowest BCUT2D eigenvalue weighted by molar-refractivity contribution is -0.139. The number of aryl methyl sites for hydroxylation is 1. The van der Waals surface area contributed by atoms with Crippen LogP contribution in [0.3, 0.4) is 0 Å². The Kier molecular flexibility index (Phi) is 5.72. The Hall–Kier alpha value is -3.83. The summed E-state index contributed by atoms with van der Waals surface area (Å²) in [5.74, 6) is -1.59. The van der Waals surface area contributed by atoms with E-state index in [1.165, 1.54) is 0 Å². The zero-order valence-electron chi connectivity index (χ0n) is 18.6. The third-order valence-electron chi connectivity index (χ3n) is 6.36. The molecule has 4 aromatic rings. The van der Waals surface area contributed by atoms with E-state index in [1.54, 1.807) is 29.2 Å². The first-order valence-electron chi connectivity index (χ1n) is 11.1. The molecule has 34 heavy (non-hydrogen) atoms. The number of likely N-dealkylation sites (tertiary alicyclic amines) is 1. The summed E-state index contributed by atoms with van der Waals surface area (Å²) in [7, 11) is 0. The first kappa shape index (κ1) is 22.0. The van der Waals surface area contributed by atoms with Crippen LogP contribution in [-0.2, 0) is 16.0 Å². The Balaban J connectivity index is 1.58. The standard InChI is InChI=1S/C28H23ClN2O3/c1-17-10-12-18(13-11-17)25-24(26(32)21-7-2-4-8-22(21)29)27(33)28(34)31(25)15-14-19-16-30-23-9-5-3-6-20(19)23/h2-13,16,25,30,32H,14-15H2,1H3. The highest BCUT2D eigenvalue weighted by Gasteiger charge is 2.46. The average Bonchev–Trinajstić information content (AvgIpc) is 3.37. The maximum absolute atomic E-state index is 13.2. The number of carbonyl (C=O) groups excluding carboxylic acids is 2. The number of amides is 1. The number of fused-ring (bicyclic) bond motifs is 1. The predicted octanol–water partition coefficient (Wildman–Crippen LogP) is 5.79. The molecule has 0 aliphatic carbocycles. The summed E-state index contributed by atoms with van der Waals surface area (Å²) in [6.07, 6.45) is 2.50. The number of aliphatic hydroxyl groups is 1. The summed E-state index contributed by atoms with van der Waals surface area (Å²) < 4.78 is 0. The number of aromatic amines is 1. The molecule has 1 aliphatic rings. The van der Waals surface area contributed by atoms with E-state index in [4.69, 9.17) is 11.6 Å². The van der Waals surface area contributed by atoms with Crippen LogP contribution in [0.1, 0.15) is 28.3 Å². The van der Waals surface area contributed by atoms with E-state index < -0.39 is 17.7 Å². The van der Waals surface area contributed by atoms with Gasteiger partial charge in [0.1, 0.15) is 5.76 Å². The van der Waals surface area contributed by atoms with Gasteiger partial charge in [-0.3, -0.25) is 9.59 Å². The second-order valence-electron chi connectivity index (χ2n) is 8.49.